The van der Waals surface area contributed by atoms with Crippen LogP contribution in [0.4, 0.5) is 5.69 Å². The molecule has 0 aliphatic heterocycles. The molecule has 2 N–H and O–H groups in total. The fraction of sp³-hybridized carbons (Fsp3) is 0.500. The summed E-state index contributed by atoms with van der Waals surface area (Å²) in [7, 11) is 0. The Labute approximate surface area is 104 Å². The molecule has 1 aromatic carbocycles. The van der Waals surface area contributed by atoms with Crippen molar-refractivity contribution in [3.05, 3.63) is 29.3 Å². The molecule has 94 valence electrons. The summed E-state index contributed by atoms with van der Waals surface area (Å²) in [4.78, 5) is 11.5. The van der Waals surface area contributed by atoms with Gasteiger partial charge >= 0.3 is 0 Å². The van der Waals surface area contributed by atoms with Crippen molar-refractivity contribution in [2.45, 2.75) is 33.6 Å². The summed E-state index contributed by atoms with van der Waals surface area (Å²) in [6.07, 6.45) is 2.14. The van der Waals surface area contributed by atoms with Crippen molar-refractivity contribution in [2.75, 3.05) is 18.4 Å². The van der Waals surface area contributed by atoms with Crippen LogP contribution in [0.3, 0.4) is 0 Å². The summed E-state index contributed by atoms with van der Waals surface area (Å²) in [5.74, 6) is 0.0550. The van der Waals surface area contributed by atoms with E-state index in [0.717, 1.165) is 30.6 Å². The minimum absolute atomic E-state index is 0.0550. The van der Waals surface area contributed by atoms with E-state index in [1.807, 2.05) is 13.8 Å². The number of unbranched alkanes of at least 4 members (excludes halogenated alkanes) is 1. The monoisotopic (exact) mass is 234 g/mol. The van der Waals surface area contributed by atoms with Gasteiger partial charge in [-0.2, -0.15) is 0 Å². The molecule has 0 unspecified atom stereocenters. The van der Waals surface area contributed by atoms with Crippen LogP contribution in [0.15, 0.2) is 18.2 Å². The molecule has 0 saturated heterocycles. The zero-order chi connectivity index (χ0) is 12.7. The molecule has 17 heavy (non-hydrogen) atoms. The number of nitrogens with one attached hydrogen (secondary N) is 2. The van der Waals surface area contributed by atoms with Crippen LogP contribution in [0.2, 0.25) is 0 Å². The minimum Gasteiger partial charge on any atom is -0.376 e. The molecule has 1 aromatic rings. The van der Waals surface area contributed by atoms with Crippen LogP contribution < -0.4 is 10.6 Å². The molecule has 0 fully saturated rings. The molecule has 3 nitrogen and oxygen atoms in total. The van der Waals surface area contributed by atoms with Crippen LogP contribution >= 0.6 is 0 Å². The lowest BCUT2D eigenvalue weighted by atomic mass is 10.1. The molecule has 0 atom stereocenters. The van der Waals surface area contributed by atoms with E-state index in [4.69, 9.17) is 0 Å². The van der Waals surface area contributed by atoms with Gasteiger partial charge in [0.15, 0.2) is 0 Å². The molecule has 1 amide bonds. The first kappa shape index (κ1) is 13.6. The van der Waals surface area contributed by atoms with Gasteiger partial charge in [-0.25, -0.2) is 0 Å². The van der Waals surface area contributed by atoms with E-state index < -0.39 is 0 Å². The van der Waals surface area contributed by atoms with Crippen molar-refractivity contribution >= 4 is 11.6 Å². The predicted octanol–water partition coefficient (Wildman–Crippen LogP) is 2.63. The lowest BCUT2D eigenvalue weighted by Gasteiger charge is -2.10. The Kier molecular flexibility index (Phi) is 5.53. The van der Waals surface area contributed by atoms with Gasteiger partial charge in [-0.1, -0.05) is 25.5 Å². The molecule has 0 heterocycles. The van der Waals surface area contributed by atoms with Gasteiger partial charge in [0.05, 0.1) is 6.54 Å². The smallest absolute Gasteiger partial charge is 0.239 e. The molecule has 0 aliphatic carbocycles. The van der Waals surface area contributed by atoms with E-state index in [0.29, 0.717) is 6.54 Å². The van der Waals surface area contributed by atoms with Crippen molar-refractivity contribution in [2.24, 2.45) is 0 Å². The average molecular weight is 234 g/mol. The van der Waals surface area contributed by atoms with Gasteiger partial charge in [0, 0.05) is 12.2 Å². The number of rotatable bonds is 6. The highest BCUT2D eigenvalue weighted by Gasteiger charge is 2.02. The first-order chi connectivity index (χ1) is 8.13. The fourth-order valence-corrected chi connectivity index (χ4v) is 1.57. The first-order valence-corrected chi connectivity index (χ1v) is 6.21. The molecule has 0 radical (unpaired) electrons. The molecular weight excluding hydrogens is 212 g/mol. The van der Waals surface area contributed by atoms with E-state index in [1.165, 1.54) is 5.56 Å². The Bertz CT molecular complexity index is 374. The first-order valence-electron chi connectivity index (χ1n) is 6.21. The molecule has 0 aliphatic rings. The third-order valence-corrected chi connectivity index (χ3v) is 2.68. The van der Waals surface area contributed by atoms with Gasteiger partial charge in [0.2, 0.25) is 5.91 Å². The van der Waals surface area contributed by atoms with Gasteiger partial charge in [-0.15, -0.1) is 0 Å². The Balaban J connectivity index is 2.39. The number of carbonyl (C=O) groups is 1. The average Bonchev–Trinajstić information content (AvgIpc) is 2.31. The van der Waals surface area contributed by atoms with Gasteiger partial charge in [0.1, 0.15) is 0 Å². The molecule has 1 rings (SSSR count). The SMILES string of the molecule is CCCCNC(=O)CNc1cc(C)ccc1C. The van der Waals surface area contributed by atoms with Crippen molar-refractivity contribution in [3.63, 3.8) is 0 Å². The minimum atomic E-state index is 0.0550. The van der Waals surface area contributed by atoms with Crippen LogP contribution in [0.1, 0.15) is 30.9 Å². The number of amides is 1. The third-order valence-electron chi connectivity index (χ3n) is 2.68. The topological polar surface area (TPSA) is 41.1 Å². The predicted molar refractivity (Wildman–Crippen MR) is 72.3 cm³/mol. The number of anilines is 1. The summed E-state index contributed by atoms with van der Waals surface area (Å²) in [5.41, 5.74) is 3.40. The highest BCUT2D eigenvalue weighted by atomic mass is 16.1. The van der Waals surface area contributed by atoms with E-state index in [9.17, 15) is 4.79 Å². The van der Waals surface area contributed by atoms with Crippen molar-refractivity contribution < 1.29 is 4.79 Å². The number of benzene rings is 1. The fourth-order valence-electron chi connectivity index (χ4n) is 1.57. The summed E-state index contributed by atoms with van der Waals surface area (Å²) in [6.45, 7) is 7.31. The molecule has 0 spiro atoms. The lowest BCUT2D eigenvalue weighted by Crippen LogP contribution is -2.30. The molecule has 0 bridgehead atoms. The van der Waals surface area contributed by atoms with Gasteiger partial charge in [-0.3, -0.25) is 4.79 Å². The second kappa shape index (κ2) is 6.94. The van der Waals surface area contributed by atoms with Crippen LogP contribution in [0.5, 0.6) is 0 Å². The normalized spacial score (nSPS) is 10.1. The molecular formula is C14H22N2O. The number of carbonyl (C=O) groups excluding carboxylic acids is 1. The largest absolute Gasteiger partial charge is 0.376 e. The Hall–Kier alpha value is -1.51. The quantitative estimate of drug-likeness (QED) is 0.743. The van der Waals surface area contributed by atoms with Crippen molar-refractivity contribution in [1.82, 2.24) is 5.32 Å². The molecule has 3 heteroatoms. The summed E-state index contributed by atoms with van der Waals surface area (Å²) < 4.78 is 0. The van der Waals surface area contributed by atoms with Crippen LogP contribution in [-0.4, -0.2) is 19.0 Å². The van der Waals surface area contributed by atoms with E-state index in [2.05, 4.69) is 35.8 Å². The van der Waals surface area contributed by atoms with Crippen LogP contribution in [0.25, 0.3) is 0 Å². The van der Waals surface area contributed by atoms with Crippen LogP contribution in [-0.2, 0) is 4.79 Å². The van der Waals surface area contributed by atoms with Gasteiger partial charge < -0.3 is 10.6 Å². The van der Waals surface area contributed by atoms with Crippen molar-refractivity contribution in [1.29, 1.82) is 0 Å². The zero-order valence-corrected chi connectivity index (χ0v) is 11.0. The number of hydrogen-bond donors (Lipinski definition) is 2. The second-order valence-electron chi connectivity index (χ2n) is 4.38. The van der Waals surface area contributed by atoms with Crippen LogP contribution in [0, 0.1) is 13.8 Å². The summed E-state index contributed by atoms with van der Waals surface area (Å²) in [5, 5.41) is 6.05. The standard InChI is InChI=1S/C14H22N2O/c1-4-5-8-15-14(17)10-16-13-9-11(2)6-7-12(13)3/h6-7,9,16H,4-5,8,10H2,1-3H3,(H,15,17). The Morgan fingerprint density at radius 3 is 2.76 bits per heavy atom. The number of hydrogen-bond acceptors (Lipinski definition) is 2. The molecule has 0 saturated carbocycles. The highest BCUT2D eigenvalue weighted by molar-refractivity contribution is 5.80. The molecule has 0 aromatic heterocycles. The maximum absolute atomic E-state index is 11.5. The van der Waals surface area contributed by atoms with Gasteiger partial charge in [0.25, 0.3) is 0 Å². The summed E-state index contributed by atoms with van der Waals surface area (Å²) >= 11 is 0. The Morgan fingerprint density at radius 1 is 1.29 bits per heavy atom. The highest BCUT2D eigenvalue weighted by Crippen LogP contribution is 2.15. The van der Waals surface area contributed by atoms with Gasteiger partial charge in [-0.05, 0) is 37.5 Å². The summed E-state index contributed by atoms with van der Waals surface area (Å²) in [6, 6.07) is 6.20. The Morgan fingerprint density at radius 2 is 2.06 bits per heavy atom. The second-order valence-corrected chi connectivity index (χ2v) is 4.38. The van der Waals surface area contributed by atoms with E-state index in [1.54, 1.807) is 0 Å². The van der Waals surface area contributed by atoms with E-state index >= 15 is 0 Å². The maximum Gasteiger partial charge on any atom is 0.239 e. The third kappa shape index (κ3) is 4.89. The number of aryl methyl sites for hydroxylation is 2. The van der Waals surface area contributed by atoms with Crippen molar-refractivity contribution in [3.8, 4) is 0 Å². The maximum atomic E-state index is 11.5. The zero-order valence-electron chi connectivity index (χ0n) is 11.0. The van der Waals surface area contributed by atoms with E-state index in [-0.39, 0.29) is 5.91 Å². The lowest BCUT2D eigenvalue weighted by molar-refractivity contribution is -0.119.